The van der Waals surface area contributed by atoms with Crippen molar-refractivity contribution in [3.05, 3.63) is 28.8 Å². The van der Waals surface area contributed by atoms with Crippen LogP contribution in [0, 0.1) is 0 Å². The van der Waals surface area contributed by atoms with Gasteiger partial charge in [0.15, 0.2) is 0 Å². The Bertz CT molecular complexity index is 332. The average molecular weight is 225 g/mol. The second kappa shape index (κ2) is 4.86. The van der Waals surface area contributed by atoms with Crippen molar-refractivity contribution in [1.82, 2.24) is 5.32 Å². The lowest BCUT2D eigenvalue weighted by Gasteiger charge is -2.11. The fourth-order valence-corrected chi connectivity index (χ4v) is 2.33. The molecule has 1 aromatic rings. The van der Waals surface area contributed by atoms with Crippen molar-refractivity contribution in [2.24, 2.45) is 0 Å². The summed E-state index contributed by atoms with van der Waals surface area (Å²) in [7, 11) is 0. The van der Waals surface area contributed by atoms with Crippen molar-refractivity contribution >= 4 is 17.3 Å². The molecule has 0 aliphatic carbocycles. The molecule has 2 rings (SSSR count). The summed E-state index contributed by atoms with van der Waals surface area (Å²) in [6, 6.07) is 6.55. The molecule has 1 aromatic carbocycles. The summed E-state index contributed by atoms with van der Waals surface area (Å²) in [6.45, 7) is 1.16. The number of aryl methyl sites for hydroxylation is 1. The summed E-state index contributed by atoms with van der Waals surface area (Å²) in [5.41, 5.74) is 7.84. The molecular weight excluding hydrogens is 208 g/mol. The van der Waals surface area contributed by atoms with Crippen molar-refractivity contribution < 1.29 is 0 Å². The molecule has 3 heteroatoms. The second-order valence-corrected chi connectivity index (χ2v) is 4.55. The predicted octanol–water partition coefficient (Wildman–Crippen LogP) is 2.61. The maximum Gasteiger partial charge on any atom is 0.0638 e. The minimum absolute atomic E-state index is 0.670. The largest absolute Gasteiger partial charge is 0.397 e. The normalized spacial score (nSPS) is 20.7. The highest BCUT2D eigenvalue weighted by atomic mass is 35.5. The Hall–Kier alpha value is -0.730. The molecule has 0 spiro atoms. The van der Waals surface area contributed by atoms with Crippen LogP contribution in [0.4, 0.5) is 5.69 Å². The van der Waals surface area contributed by atoms with Crippen LogP contribution in [0.2, 0.25) is 5.02 Å². The van der Waals surface area contributed by atoms with Crippen LogP contribution >= 0.6 is 11.6 Å². The standard InChI is InChI=1S/C12H17ClN2/c13-11-5-1-3-9(12(11)14)6-7-10-4-2-8-15-10/h1,3,5,10,15H,2,4,6-8,14H2. The fourth-order valence-electron chi connectivity index (χ4n) is 2.13. The lowest BCUT2D eigenvalue weighted by atomic mass is 10.0. The lowest BCUT2D eigenvalue weighted by molar-refractivity contribution is 0.559. The van der Waals surface area contributed by atoms with Crippen molar-refractivity contribution in [3.8, 4) is 0 Å². The maximum absolute atomic E-state index is 5.97. The molecule has 1 aliphatic rings. The quantitative estimate of drug-likeness (QED) is 0.775. The third kappa shape index (κ3) is 2.64. The molecule has 1 aliphatic heterocycles. The van der Waals surface area contributed by atoms with E-state index in [-0.39, 0.29) is 0 Å². The predicted molar refractivity (Wildman–Crippen MR) is 65.2 cm³/mol. The summed E-state index contributed by atoms with van der Waals surface area (Å²) in [6.07, 6.45) is 4.77. The zero-order chi connectivity index (χ0) is 10.7. The fraction of sp³-hybridized carbons (Fsp3) is 0.500. The van der Waals surface area contributed by atoms with Crippen LogP contribution in [0.1, 0.15) is 24.8 Å². The molecule has 0 amide bonds. The molecular formula is C12H17ClN2. The van der Waals surface area contributed by atoms with Crippen LogP contribution in [-0.2, 0) is 6.42 Å². The number of nitrogens with one attached hydrogen (secondary N) is 1. The molecule has 82 valence electrons. The molecule has 0 aromatic heterocycles. The minimum atomic E-state index is 0.670. The van der Waals surface area contributed by atoms with E-state index in [0.29, 0.717) is 11.1 Å². The first-order valence-corrected chi connectivity index (χ1v) is 5.91. The van der Waals surface area contributed by atoms with Crippen molar-refractivity contribution in [2.75, 3.05) is 12.3 Å². The van der Waals surface area contributed by atoms with Crippen molar-refractivity contribution in [3.63, 3.8) is 0 Å². The van der Waals surface area contributed by atoms with E-state index in [2.05, 4.69) is 11.4 Å². The first-order valence-electron chi connectivity index (χ1n) is 5.53. The molecule has 1 unspecified atom stereocenters. The van der Waals surface area contributed by atoms with Crippen LogP contribution in [0.25, 0.3) is 0 Å². The summed E-state index contributed by atoms with van der Waals surface area (Å²) < 4.78 is 0. The van der Waals surface area contributed by atoms with Gasteiger partial charge in [0.1, 0.15) is 0 Å². The number of rotatable bonds is 3. The molecule has 0 bridgehead atoms. The van der Waals surface area contributed by atoms with Gasteiger partial charge in [-0.25, -0.2) is 0 Å². The summed E-state index contributed by atoms with van der Waals surface area (Å²) >= 11 is 5.97. The second-order valence-electron chi connectivity index (χ2n) is 4.14. The Morgan fingerprint density at radius 1 is 1.47 bits per heavy atom. The molecule has 1 heterocycles. The van der Waals surface area contributed by atoms with Gasteiger partial charge in [0, 0.05) is 6.04 Å². The molecule has 0 radical (unpaired) electrons. The number of benzene rings is 1. The van der Waals surface area contributed by atoms with E-state index in [9.17, 15) is 0 Å². The van der Waals surface area contributed by atoms with Crippen LogP contribution in [-0.4, -0.2) is 12.6 Å². The van der Waals surface area contributed by atoms with Crippen molar-refractivity contribution in [1.29, 1.82) is 0 Å². The topological polar surface area (TPSA) is 38.0 Å². The molecule has 2 nitrogen and oxygen atoms in total. The smallest absolute Gasteiger partial charge is 0.0638 e. The Labute approximate surface area is 95.8 Å². The Kier molecular flexibility index (Phi) is 3.49. The Balaban J connectivity index is 1.95. The molecule has 1 saturated heterocycles. The van der Waals surface area contributed by atoms with Gasteiger partial charge in [-0.1, -0.05) is 23.7 Å². The number of hydrogen-bond acceptors (Lipinski definition) is 2. The number of para-hydroxylation sites is 1. The van der Waals surface area contributed by atoms with Gasteiger partial charge in [-0.2, -0.15) is 0 Å². The molecule has 1 fully saturated rings. The first-order chi connectivity index (χ1) is 7.27. The zero-order valence-corrected chi connectivity index (χ0v) is 9.56. The molecule has 3 N–H and O–H groups in total. The molecule has 0 saturated carbocycles. The number of hydrogen-bond donors (Lipinski definition) is 2. The number of halogens is 1. The minimum Gasteiger partial charge on any atom is -0.397 e. The van der Waals surface area contributed by atoms with Gasteiger partial charge in [0.05, 0.1) is 10.7 Å². The number of anilines is 1. The summed E-state index contributed by atoms with van der Waals surface area (Å²) in [5, 5.41) is 4.16. The molecule has 1 atom stereocenters. The van der Waals surface area contributed by atoms with E-state index >= 15 is 0 Å². The number of nitrogens with two attached hydrogens (primary N) is 1. The Morgan fingerprint density at radius 3 is 3.07 bits per heavy atom. The van der Waals surface area contributed by atoms with E-state index in [1.807, 2.05) is 12.1 Å². The van der Waals surface area contributed by atoms with Gasteiger partial charge in [0.25, 0.3) is 0 Å². The summed E-state index contributed by atoms with van der Waals surface area (Å²) in [4.78, 5) is 0. The van der Waals surface area contributed by atoms with E-state index in [4.69, 9.17) is 17.3 Å². The maximum atomic E-state index is 5.97. The van der Waals surface area contributed by atoms with E-state index in [1.165, 1.54) is 18.4 Å². The third-order valence-corrected chi connectivity index (χ3v) is 3.40. The zero-order valence-electron chi connectivity index (χ0n) is 8.80. The van der Waals surface area contributed by atoms with Crippen LogP contribution in [0.3, 0.4) is 0 Å². The monoisotopic (exact) mass is 224 g/mol. The van der Waals surface area contributed by atoms with E-state index < -0.39 is 0 Å². The molecule has 15 heavy (non-hydrogen) atoms. The summed E-state index contributed by atoms with van der Waals surface area (Å²) in [5.74, 6) is 0. The van der Waals surface area contributed by atoms with Gasteiger partial charge in [-0.15, -0.1) is 0 Å². The van der Waals surface area contributed by atoms with E-state index in [1.54, 1.807) is 0 Å². The first kappa shape index (κ1) is 10.8. The highest BCUT2D eigenvalue weighted by molar-refractivity contribution is 6.33. The third-order valence-electron chi connectivity index (χ3n) is 3.07. The van der Waals surface area contributed by atoms with Gasteiger partial charge in [-0.3, -0.25) is 0 Å². The SMILES string of the molecule is Nc1c(Cl)cccc1CCC1CCCN1. The van der Waals surface area contributed by atoms with Crippen LogP contribution < -0.4 is 11.1 Å². The average Bonchev–Trinajstić information content (AvgIpc) is 2.73. The van der Waals surface area contributed by atoms with Crippen molar-refractivity contribution in [2.45, 2.75) is 31.7 Å². The van der Waals surface area contributed by atoms with Crippen LogP contribution in [0.5, 0.6) is 0 Å². The van der Waals surface area contributed by atoms with E-state index in [0.717, 1.165) is 25.1 Å². The van der Waals surface area contributed by atoms with Crippen LogP contribution in [0.15, 0.2) is 18.2 Å². The van der Waals surface area contributed by atoms with Gasteiger partial charge in [0.2, 0.25) is 0 Å². The van der Waals surface area contributed by atoms with Gasteiger partial charge >= 0.3 is 0 Å². The highest BCUT2D eigenvalue weighted by Crippen LogP contribution is 2.24. The highest BCUT2D eigenvalue weighted by Gasteiger charge is 2.14. The van der Waals surface area contributed by atoms with Gasteiger partial charge in [-0.05, 0) is 43.9 Å². The van der Waals surface area contributed by atoms with Gasteiger partial charge < -0.3 is 11.1 Å². The number of nitrogen functional groups attached to an aromatic ring is 1. The lowest BCUT2D eigenvalue weighted by Crippen LogP contribution is -2.21. The Morgan fingerprint density at radius 2 is 2.33 bits per heavy atom.